The fourth-order valence-corrected chi connectivity index (χ4v) is 9.17. The molecule has 0 saturated heterocycles. The van der Waals surface area contributed by atoms with Crippen LogP contribution < -0.4 is 14.4 Å². The average Bonchev–Trinajstić information content (AvgIpc) is 3.04. The van der Waals surface area contributed by atoms with Crippen LogP contribution in [-0.4, -0.2) is 68.3 Å². The van der Waals surface area contributed by atoms with Crippen LogP contribution in [0.25, 0.3) is 0 Å². The normalized spacial score (nSPS) is 29.0. The van der Waals surface area contributed by atoms with E-state index in [0.717, 1.165) is 43.2 Å². The molecular weight excluding hydrogens is 638 g/mol. The number of halogens is 1. The molecule has 47 heavy (non-hydrogen) atoms. The summed E-state index contributed by atoms with van der Waals surface area (Å²) in [6.07, 6.45) is 5.84. The topological polar surface area (TPSA) is 116 Å². The Balaban J connectivity index is 1.58. The van der Waals surface area contributed by atoms with Crippen molar-refractivity contribution in [3.63, 3.8) is 0 Å². The first-order chi connectivity index (χ1) is 22.2. The first-order valence-electron chi connectivity index (χ1n) is 17.0. The van der Waals surface area contributed by atoms with Crippen molar-refractivity contribution in [2.45, 2.75) is 89.6 Å². The maximum Gasteiger partial charge on any atom is 0.264 e. The van der Waals surface area contributed by atoms with Gasteiger partial charge in [0.15, 0.2) is 0 Å². The summed E-state index contributed by atoms with van der Waals surface area (Å²) in [5.74, 6) is -1.06. The fourth-order valence-electron chi connectivity index (χ4n) is 7.66. The first kappa shape index (κ1) is 35.5. The standard InChI is InChI=1S/C36H50ClN3O6S/c1-23-9-8-17-36(43,24(2)35(42)39(4)5)31-15-12-28(31)21-40-18-7-6-10-26-19-30(37)14-11-29(26)22-46-33-16-13-27(20-32(33)40)34(41)38-47(44,45)25(23)3/h11,13-14,16,19-20,23-25,28,31,43H,6-10,12,15,17-18,21-22H2,1-5H3,(H,38,41)/t23-,24-,25+,28-,31+,36-/m0/s1. The van der Waals surface area contributed by atoms with E-state index in [1.165, 1.54) is 0 Å². The Hall–Kier alpha value is -2.82. The van der Waals surface area contributed by atoms with Gasteiger partial charge in [0.25, 0.3) is 5.91 Å². The predicted molar refractivity (Wildman–Crippen MR) is 185 cm³/mol. The second kappa shape index (κ2) is 14.3. The smallest absolute Gasteiger partial charge is 0.264 e. The number of benzene rings is 2. The number of carbonyl (C=O) groups excluding carboxylic acids is 2. The maximum atomic E-state index is 13.5. The van der Waals surface area contributed by atoms with E-state index in [-0.39, 0.29) is 29.2 Å². The van der Waals surface area contributed by atoms with E-state index in [4.69, 9.17) is 16.3 Å². The number of amides is 2. The summed E-state index contributed by atoms with van der Waals surface area (Å²) in [5, 5.41) is 12.3. The van der Waals surface area contributed by atoms with Crippen molar-refractivity contribution < 1.29 is 27.9 Å². The lowest BCUT2D eigenvalue weighted by molar-refractivity contribution is -0.159. The van der Waals surface area contributed by atoms with Crippen LogP contribution in [0.15, 0.2) is 36.4 Å². The minimum atomic E-state index is -3.99. The van der Waals surface area contributed by atoms with Gasteiger partial charge in [-0.3, -0.25) is 9.59 Å². The van der Waals surface area contributed by atoms with Crippen LogP contribution in [0.3, 0.4) is 0 Å². The van der Waals surface area contributed by atoms with Gasteiger partial charge in [0.2, 0.25) is 15.9 Å². The van der Waals surface area contributed by atoms with Gasteiger partial charge in [0.1, 0.15) is 12.4 Å². The molecule has 2 bridgehead atoms. The summed E-state index contributed by atoms with van der Waals surface area (Å²) in [6.45, 7) is 6.91. The fraction of sp³-hybridized carbons (Fsp3) is 0.611. The van der Waals surface area contributed by atoms with Gasteiger partial charge in [0.05, 0.1) is 22.5 Å². The molecule has 11 heteroatoms. The van der Waals surface area contributed by atoms with Crippen LogP contribution in [0.4, 0.5) is 5.69 Å². The molecular formula is C36H50ClN3O6S. The highest BCUT2D eigenvalue weighted by atomic mass is 35.5. The van der Waals surface area contributed by atoms with E-state index >= 15 is 0 Å². The zero-order valence-corrected chi connectivity index (χ0v) is 29.9. The van der Waals surface area contributed by atoms with Crippen molar-refractivity contribution >= 4 is 39.1 Å². The number of ether oxygens (including phenoxy) is 1. The molecule has 0 unspecified atom stereocenters. The Bertz CT molecular complexity index is 1580. The molecule has 0 aromatic heterocycles. The van der Waals surface area contributed by atoms with E-state index in [1.807, 2.05) is 32.0 Å². The van der Waals surface area contributed by atoms with Crippen LogP contribution in [0, 0.1) is 23.7 Å². The molecule has 2 aliphatic heterocycles. The van der Waals surface area contributed by atoms with E-state index in [9.17, 15) is 23.1 Å². The highest BCUT2D eigenvalue weighted by Crippen LogP contribution is 2.49. The summed E-state index contributed by atoms with van der Waals surface area (Å²) in [6, 6.07) is 10.9. The molecule has 6 atom stereocenters. The minimum Gasteiger partial charge on any atom is -0.487 e. The lowest BCUT2D eigenvalue weighted by Crippen LogP contribution is -2.57. The lowest BCUT2D eigenvalue weighted by Gasteiger charge is -2.51. The lowest BCUT2D eigenvalue weighted by atomic mass is 9.59. The van der Waals surface area contributed by atoms with Crippen molar-refractivity contribution in [2.24, 2.45) is 23.7 Å². The zero-order chi connectivity index (χ0) is 34.1. The van der Waals surface area contributed by atoms with Gasteiger partial charge in [-0.25, -0.2) is 13.1 Å². The zero-order valence-electron chi connectivity index (χ0n) is 28.3. The summed E-state index contributed by atoms with van der Waals surface area (Å²) >= 11 is 6.34. The molecule has 2 N–H and O–H groups in total. The van der Waals surface area contributed by atoms with Crippen molar-refractivity contribution in [1.82, 2.24) is 9.62 Å². The molecule has 1 fully saturated rings. The molecule has 2 aromatic carbocycles. The summed E-state index contributed by atoms with van der Waals surface area (Å²) in [4.78, 5) is 30.6. The van der Waals surface area contributed by atoms with Crippen molar-refractivity contribution in [3.8, 4) is 5.75 Å². The molecule has 2 aromatic rings. The van der Waals surface area contributed by atoms with Gasteiger partial charge >= 0.3 is 0 Å². The molecule has 0 radical (unpaired) electrons. The quantitative estimate of drug-likeness (QED) is 0.409. The van der Waals surface area contributed by atoms with Gasteiger partial charge in [-0.05, 0) is 111 Å². The molecule has 2 amide bonds. The number of carbonyl (C=O) groups is 2. The molecule has 5 rings (SSSR count). The Kier molecular flexibility index (Phi) is 10.8. The van der Waals surface area contributed by atoms with Crippen LogP contribution in [0.2, 0.25) is 5.02 Å². The van der Waals surface area contributed by atoms with Crippen molar-refractivity contribution in [2.75, 3.05) is 32.1 Å². The van der Waals surface area contributed by atoms with Crippen LogP contribution in [-0.2, 0) is 27.8 Å². The number of hydrogen-bond acceptors (Lipinski definition) is 7. The van der Waals surface area contributed by atoms with Crippen LogP contribution in [0.5, 0.6) is 5.75 Å². The Labute approximate surface area is 285 Å². The third kappa shape index (κ3) is 7.60. The van der Waals surface area contributed by atoms with Gasteiger partial charge in [-0.15, -0.1) is 0 Å². The number of sulfonamides is 1. The van der Waals surface area contributed by atoms with E-state index in [2.05, 4.69) is 9.62 Å². The van der Waals surface area contributed by atoms with Crippen LogP contribution >= 0.6 is 11.6 Å². The monoisotopic (exact) mass is 687 g/mol. The number of aliphatic hydroxyl groups is 1. The molecule has 9 nitrogen and oxygen atoms in total. The predicted octanol–water partition coefficient (Wildman–Crippen LogP) is 5.81. The van der Waals surface area contributed by atoms with Crippen LogP contribution in [0.1, 0.15) is 87.2 Å². The van der Waals surface area contributed by atoms with Gasteiger partial charge in [-0.2, -0.15) is 0 Å². The Morgan fingerprint density at radius 3 is 2.55 bits per heavy atom. The number of rotatable bonds is 2. The third-order valence-corrected chi connectivity index (χ3v) is 13.2. The molecule has 258 valence electrons. The highest BCUT2D eigenvalue weighted by Gasteiger charge is 2.52. The number of anilines is 1. The van der Waals surface area contributed by atoms with E-state index in [1.54, 1.807) is 44.1 Å². The minimum absolute atomic E-state index is 0.105. The Morgan fingerprint density at radius 1 is 1.09 bits per heavy atom. The van der Waals surface area contributed by atoms with Gasteiger partial charge in [0, 0.05) is 37.8 Å². The molecule has 1 aliphatic carbocycles. The van der Waals surface area contributed by atoms with Gasteiger partial charge in [-0.1, -0.05) is 37.9 Å². The number of hydrogen-bond donors (Lipinski definition) is 2. The second-order valence-corrected chi connectivity index (χ2v) is 16.7. The van der Waals surface area contributed by atoms with Crippen molar-refractivity contribution in [3.05, 3.63) is 58.1 Å². The van der Waals surface area contributed by atoms with E-state index in [0.29, 0.717) is 55.4 Å². The highest BCUT2D eigenvalue weighted by molar-refractivity contribution is 7.90. The summed E-state index contributed by atoms with van der Waals surface area (Å²) in [7, 11) is -0.560. The summed E-state index contributed by atoms with van der Waals surface area (Å²) in [5.41, 5.74) is 1.90. The largest absolute Gasteiger partial charge is 0.487 e. The molecule has 3 aliphatic rings. The number of aryl methyl sites for hydroxylation is 1. The average molecular weight is 688 g/mol. The molecule has 2 heterocycles. The number of fused-ring (bicyclic) bond motifs is 3. The number of nitrogens with zero attached hydrogens (tertiary/aromatic N) is 2. The first-order valence-corrected chi connectivity index (χ1v) is 18.9. The van der Waals surface area contributed by atoms with Gasteiger partial charge < -0.3 is 19.6 Å². The molecule has 1 saturated carbocycles. The SMILES string of the molecule is C[C@@H]1[C@@H](C)CCC[C@](O)([C@@H](C)C(=O)N(C)C)[C@@H]2CC[C@H]2CN2CCCCc3cc(Cl)ccc3COc3ccc(cc32)C(=O)NS1(=O)=O. The summed E-state index contributed by atoms with van der Waals surface area (Å²) < 4.78 is 35.6. The van der Waals surface area contributed by atoms with Crippen molar-refractivity contribution in [1.29, 1.82) is 0 Å². The van der Waals surface area contributed by atoms with E-state index < -0.39 is 32.7 Å². The number of nitrogens with one attached hydrogen (secondary N) is 1. The Morgan fingerprint density at radius 2 is 1.85 bits per heavy atom. The third-order valence-electron chi connectivity index (χ3n) is 11.1. The second-order valence-electron chi connectivity index (χ2n) is 14.2. The molecule has 0 spiro atoms. The maximum absolute atomic E-state index is 13.5.